The van der Waals surface area contributed by atoms with Crippen LogP contribution in [0.3, 0.4) is 0 Å². The van der Waals surface area contributed by atoms with Crippen molar-refractivity contribution in [3.63, 3.8) is 0 Å². The molecular formula is C72H52N2. The first-order valence-electron chi connectivity index (χ1n) is 26.1. The van der Waals surface area contributed by atoms with Crippen LogP contribution in [0.1, 0.15) is 49.9 Å². The summed E-state index contributed by atoms with van der Waals surface area (Å²) < 4.78 is 0. The quantitative estimate of drug-likeness (QED) is 0.121. The van der Waals surface area contributed by atoms with E-state index in [0.717, 1.165) is 34.1 Å². The molecule has 0 aliphatic heterocycles. The molecule has 350 valence electrons. The van der Waals surface area contributed by atoms with Gasteiger partial charge in [0, 0.05) is 45.0 Å². The Kier molecular flexibility index (Phi) is 9.09. The molecule has 0 unspecified atom stereocenters. The fourth-order valence-electron chi connectivity index (χ4n) is 13.4. The van der Waals surface area contributed by atoms with Gasteiger partial charge in [0.05, 0.1) is 0 Å². The van der Waals surface area contributed by atoms with Gasteiger partial charge in [-0.1, -0.05) is 185 Å². The van der Waals surface area contributed by atoms with Crippen LogP contribution in [0.4, 0.5) is 34.1 Å². The zero-order chi connectivity index (χ0) is 49.5. The summed E-state index contributed by atoms with van der Waals surface area (Å²) in [6, 6.07) is 91.0. The molecule has 0 saturated heterocycles. The third-order valence-corrected chi connectivity index (χ3v) is 17.0. The van der Waals surface area contributed by atoms with Crippen LogP contribution in [0.25, 0.3) is 86.9 Å². The molecule has 0 atom stereocenters. The molecule has 0 fully saturated rings. The predicted octanol–water partition coefficient (Wildman–Crippen LogP) is 20.2. The third kappa shape index (κ3) is 6.12. The average molecular weight is 945 g/mol. The van der Waals surface area contributed by atoms with Gasteiger partial charge in [-0.25, -0.2) is 0 Å². The number of benzene rings is 13. The molecule has 13 aromatic rings. The van der Waals surface area contributed by atoms with E-state index in [1.807, 2.05) is 0 Å². The Morgan fingerprint density at radius 2 is 0.486 bits per heavy atom. The van der Waals surface area contributed by atoms with Crippen molar-refractivity contribution in [3.05, 3.63) is 265 Å². The monoisotopic (exact) mass is 944 g/mol. The number of hydrogen-bond acceptors (Lipinski definition) is 2. The molecule has 0 amide bonds. The molecule has 0 N–H and O–H groups in total. The second kappa shape index (κ2) is 15.8. The van der Waals surface area contributed by atoms with E-state index in [9.17, 15) is 0 Å². The topological polar surface area (TPSA) is 6.48 Å². The summed E-state index contributed by atoms with van der Waals surface area (Å²) in [7, 11) is 0. The maximum absolute atomic E-state index is 2.49. The van der Waals surface area contributed by atoms with Crippen LogP contribution in [0.2, 0.25) is 0 Å². The molecule has 2 heteroatoms. The lowest BCUT2D eigenvalue weighted by Gasteiger charge is -2.28. The van der Waals surface area contributed by atoms with E-state index in [1.165, 1.54) is 109 Å². The summed E-state index contributed by atoms with van der Waals surface area (Å²) in [5.74, 6) is 0. The van der Waals surface area contributed by atoms with Crippen molar-refractivity contribution < 1.29 is 0 Å². The molecule has 15 rings (SSSR count). The average Bonchev–Trinajstić information content (AvgIpc) is 3.84. The number of fused-ring (bicyclic) bond motifs is 18. The smallest absolute Gasteiger partial charge is 0.0468 e. The van der Waals surface area contributed by atoms with Crippen LogP contribution < -0.4 is 9.80 Å². The van der Waals surface area contributed by atoms with E-state index >= 15 is 0 Å². The minimum absolute atomic E-state index is 0.111. The minimum atomic E-state index is -0.111. The highest BCUT2D eigenvalue weighted by Gasteiger charge is 2.37. The highest BCUT2D eigenvalue weighted by molar-refractivity contribution is 6.33. The molecule has 2 aliphatic rings. The van der Waals surface area contributed by atoms with Gasteiger partial charge in [0.25, 0.3) is 0 Å². The van der Waals surface area contributed by atoms with Gasteiger partial charge < -0.3 is 9.80 Å². The van der Waals surface area contributed by atoms with E-state index in [4.69, 9.17) is 0 Å². The lowest BCUT2D eigenvalue weighted by Crippen LogP contribution is -2.16. The molecule has 0 saturated carbocycles. The van der Waals surface area contributed by atoms with Gasteiger partial charge in [-0.2, -0.15) is 0 Å². The molecule has 0 spiro atoms. The number of nitrogens with zero attached hydrogens (tertiary/aromatic N) is 2. The standard InChI is InChI=1S/C72H52N2/c1-71(2)67-29-17-15-27-57(67)59-37-33-49(41-69(59)71)73(45-19-7-5-8-20-45)47-31-35-55-61(39-47)51-23-11-13-25-53(51)63-44-66-56-36-32-48(40-62(56)52-24-12-14-26-54(52)64(66)43-65(55)63)74(46-21-9-6-10-22-46)50-34-38-60-58-28-16-18-30-68(58)72(3,4)70(60)42-50/h5-44H,1-4H3. The third-order valence-electron chi connectivity index (χ3n) is 17.0. The summed E-state index contributed by atoms with van der Waals surface area (Å²) in [4.78, 5) is 4.88. The fourth-order valence-corrected chi connectivity index (χ4v) is 13.4. The molecule has 0 radical (unpaired) electrons. The van der Waals surface area contributed by atoms with Crippen LogP contribution in [0.5, 0.6) is 0 Å². The van der Waals surface area contributed by atoms with Gasteiger partial charge in [-0.15, -0.1) is 0 Å². The Hall–Kier alpha value is -8.98. The first kappa shape index (κ1) is 42.7. The summed E-state index contributed by atoms with van der Waals surface area (Å²) in [5, 5.41) is 15.1. The van der Waals surface area contributed by atoms with Crippen molar-refractivity contribution in [2.45, 2.75) is 38.5 Å². The van der Waals surface area contributed by atoms with Crippen LogP contribution in [-0.4, -0.2) is 0 Å². The Morgan fingerprint density at radius 1 is 0.203 bits per heavy atom. The normalized spacial score (nSPS) is 13.9. The minimum Gasteiger partial charge on any atom is -0.310 e. The molecule has 74 heavy (non-hydrogen) atoms. The van der Waals surface area contributed by atoms with Gasteiger partial charge in [-0.05, 0) is 194 Å². The zero-order valence-corrected chi connectivity index (χ0v) is 42.0. The van der Waals surface area contributed by atoms with E-state index in [2.05, 4.69) is 280 Å². The second-order valence-electron chi connectivity index (χ2n) is 21.6. The van der Waals surface area contributed by atoms with Crippen molar-refractivity contribution in [2.24, 2.45) is 0 Å². The first-order chi connectivity index (χ1) is 36.2. The van der Waals surface area contributed by atoms with Gasteiger partial charge in [0.1, 0.15) is 0 Å². The number of para-hydroxylation sites is 2. The summed E-state index contributed by atoms with van der Waals surface area (Å²) in [5.41, 5.74) is 17.4. The van der Waals surface area contributed by atoms with E-state index in [1.54, 1.807) is 0 Å². The number of anilines is 6. The van der Waals surface area contributed by atoms with Crippen molar-refractivity contribution in [2.75, 3.05) is 9.80 Å². The lowest BCUT2D eigenvalue weighted by atomic mass is 9.82. The number of rotatable bonds is 6. The maximum Gasteiger partial charge on any atom is 0.0468 e. The van der Waals surface area contributed by atoms with Crippen molar-refractivity contribution >= 4 is 98.8 Å². The highest BCUT2D eigenvalue weighted by Crippen LogP contribution is 2.53. The molecule has 0 bridgehead atoms. The van der Waals surface area contributed by atoms with Crippen molar-refractivity contribution in [1.29, 1.82) is 0 Å². The molecule has 13 aromatic carbocycles. The first-order valence-corrected chi connectivity index (χ1v) is 26.1. The molecule has 0 aromatic heterocycles. The molecule has 2 aliphatic carbocycles. The highest BCUT2D eigenvalue weighted by atomic mass is 15.1. The summed E-state index contributed by atoms with van der Waals surface area (Å²) in [6.45, 7) is 9.46. The van der Waals surface area contributed by atoms with Crippen LogP contribution in [0, 0.1) is 0 Å². The van der Waals surface area contributed by atoms with Gasteiger partial charge in [0.15, 0.2) is 0 Å². The second-order valence-corrected chi connectivity index (χ2v) is 21.6. The Bertz CT molecular complexity index is 4200. The Morgan fingerprint density at radius 3 is 0.878 bits per heavy atom. The Balaban J connectivity index is 0.917. The molecule has 0 heterocycles. The largest absolute Gasteiger partial charge is 0.310 e. The molecule has 2 nitrogen and oxygen atoms in total. The van der Waals surface area contributed by atoms with Crippen LogP contribution in [0.15, 0.2) is 243 Å². The van der Waals surface area contributed by atoms with E-state index < -0.39 is 0 Å². The lowest BCUT2D eigenvalue weighted by molar-refractivity contribution is 0.660. The van der Waals surface area contributed by atoms with Crippen molar-refractivity contribution in [1.82, 2.24) is 0 Å². The van der Waals surface area contributed by atoms with E-state index in [-0.39, 0.29) is 10.8 Å². The van der Waals surface area contributed by atoms with Gasteiger partial charge in [0.2, 0.25) is 0 Å². The summed E-state index contributed by atoms with van der Waals surface area (Å²) >= 11 is 0. The van der Waals surface area contributed by atoms with Crippen LogP contribution in [-0.2, 0) is 10.8 Å². The van der Waals surface area contributed by atoms with Gasteiger partial charge >= 0.3 is 0 Å². The molecular weight excluding hydrogens is 893 g/mol. The fraction of sp³-hybridized carbons (Fsp3) is 0.0833. The predicted molar refractivity (Wildman–Crippen MR) is 316 cm³/mol. The van der Waals surface area contributed by atoms with Gasteiger partial charge in [-0.3, -0.25) is 0 Å². The zero-order valence-electron chi connectivity index (χ0n) is 42.0. The number of hydrogen-bond donors (Lipinski definition) is 0. The Labute approximate surface area is 432 Å². The maximum atomic E-state index is 2.49. The summed E-state index contributed by atoms with van der Waals surface area (Å²) in [6.07, 6.45) is 0. The van der Waals surface area contributed by atoms with Crippen LogP contribution >= 0.6 is 0 Å². The van der Waals surface area contributed by atoms with Crippen molar-refractivity contribution in [3.8, 4) is 22.3 Å². The van der Waals surface area contributed by atoms with E-state index in [0.29, 0.717) is 0 Å². The SMILES string of the molecule is CC1(C)c2ccccc2-c2ccc(N(c3ccccc3)c3ccc4c(c3)c3ccccc3c3cc5c6ccc(N(c7ccccc7)c7ccc8c(c7)C(C)(C)c7ccccc7-8)cc6c6ccccc6c5cc43)cc21.